The number of hydrogen-bond donors (Lipinski definition) is 1. The van der Waals surface area contributed by atoms with E-state index >= 15 is 0 Å². The summed E-state index contributed by atoms with van der Waals surface area (Å²) in [6, 6.07) is 21.3. The summed E-state index contributed by atoms with van der Waals surface area (Å²) in [6.07, 6.45) is 1.24. The van der Waals surface area contributed by atoms with E-state index in [0.717, 1.165) is 58.5 Å². The molecule has 2 heterocycles. The standard InChI is InChI=1S/C33H37N3O5/c1-22-8-5-9-24-18-25(32(34-30(22)24)35-17-7-10-26(37)21-35)20-36(19-23-13-15-27(39-2)16-14-23)33(38)28-11-6-12-29(40-3)31(28)41-4/h5-6,8-9,11-16,18,26,37H,7,10,17,19-21H2,1-4H3. The van der Waals surface area contributed by atoms with E-state index in [-0.39, 0.29) is 5.91 Å². The number of aromatic nitrogens is 1. The number of hydrogen-bond acceptors (Lipinski definition) is 7. The maximum absolute atomic E-state index is 14.3. The van der Waals surface area contributed by atoms with Crippen molar-refractivity contribution in [3.8, 4) is 17.2 Å². The Morgan fingerprint density at radius 3 is 2.49 bits per heavy atom. The van der Waals surface area contributed by atoms with Crippen LogP contribution in [0.3, 0.4) is 0 Å². The van der Waals surface area contributed by atoms with Gasteiger partial charge in [0.2, 0.25) is 0 Å². The molecular formula is C33H37N3O5. The van der Waals surface area contributed by atoms with E-state index in [1.807, 2.05) is 41.3 Å². The van der Waals surface area contributed by atoms with E-state index in [2.05, 4.69) is 24.0 Å². The van der Waals surface area contributed by atoms with Crippen LogP contribution in [-0.4, -0.2) is 61.4 Å². The molecule has 1 fully saturated rings. The minimum absolute atomic E-state index is 0.189. The number of nitrogens with zero attached hydrogens (tertiary/aromatic N) is 3. The fourth-order valence-corrected chi connectivity index (χ4v) is 5.50. The van der Waals surface area contributed by atoms with Crippen LogP contribution < -0.4 is 19.1 Å². The summed E-state index contributed by atoms with van der Waals surface area (Å²) in [5.74, 6) is 2.25. The molecular weight excluding hydrogens is 518 g/mol. The number of aliphatic hydroxyl groups is 1. The van der Waals surface area contributed by atoms with Crippen molar-refractivity contribution < 1.29 is 24.1 Å². The lowest BCUT2D eigenvalue weighted by molar-refractivity contribution is 0.0725. The van der Waals surface area contributed by atoms with Crippen molar-refractivity contribution in [2.24, 2.45) is 0 Å². The fourth-order valence-electron chi connectivity index (χ4n) is 5.50. The van der Waals surface area contributed by atoms with E-state index in [1.165, 1.54) is 7.11 Å². The van der Waals surface area contributed by atoms with Gasteiger partial charge in [-0.15, -0.1) is 0 Å². The normalized spacial score (nSPS) is 15.0. The van der Waals surface area contributed by atoms with E-state index in [1.54, 1.807) is 32.4 Å². The Morgan fingerprint density at radius 2 is 1.78 bits per heavy atom. The van der Waals surface area contributed by atoms with Gasteiger partial charge in [0.15, 0.2) is 11.5 Å². The number of pyridine rings is 1. The van der Waals surface area contributed by atoms with Crippen LogP contribution in [0.4, 0.5) is 5.82 Å². The molecule has 1 saturated heterocycles. The highest BCUT2D eigenvalue weighted by Gasteiger charge is 2.27. The lowest BCUT2D eigenvalue weighted by Gasteiger charge is -2.34. The molecule has 0 bridgehead atoms. The number of rotatable bonds is 9. The van der Waals surface area contributed by atoms with Gasteiger partial charge in [0, 0.05) is 37.1 Å². The molecule has 1 atom stereocenters. The lowest BCUT2D eigenvalue weighted by Crippen LogP contribution is -2.40. The van der Waals surface area contributed by atoms with Gasteiger partial charge in [-0.3, -0.25) is 4.79 Å². The number of aliphatic hydroxyl groups excluding tert-OH is 1. The van der Waals surface area contributed by atoms with Crippen molar-refractivity contribution in [1.82, 2.24) is 9.88 Å². The minimum Gasteiger partial charge on any atom is -0.497 e. The summed E-state index contributed by atoms with van der Waals surface area (Å²) >= 11 is 0. The average molecular weight is 556 g/mol. The van der Waals surface area contributed by atoms with E-state index < -0.39 is 6.10 Å². The molecule has 1 aromatic heterocycles. The summed E-state index contributed by atoms with van der Waals surface area (Å²) in [5, 5.41) is 11.5. The number of piperidine rings is 1. The molecule has 1 unspecified atom stereocenters. The van der Waals surface area contributed by atoms with Crippen LogP contribution in [0.2, 0.25) is 0 Å². The third-order valence-electron chi connectivity index (χ3n) is 7.61. The number of amides is 1. The number of β-amino-alcohol motifs (C(OH)–C–C–N with tert-alkyl or cyclic N) is 1. The molecule has 0 saturated carbocycles. The molecule has 0 radical (unpaired) electrons. The zero-order chi connectivity index (χ0) is 28.9. The van der Waals surface area contributed by atoms with Gasteiger partial charge in [0.05, 0.1) is 38.5 Å². The van der Waals surface area contributed by atoms with Gasteiger partial charge in [-0.05, 0) is 61.2 Å². The number of ether oxygens (including phenoxy) is 3. The van der Waals surface area contributed by atoms with Crippen LogP contribution in [0.25, 0.3) is 10.9 Å². The fraction of sp³-hybridized carbons (Fsp3) is 0.333. The van der Waals surface area contributed by atoms with Crippen molar-refractivity contribution in [2.75, 3.05) is 39.3 Å². The molecule has 4 aromatic rings. The molecule has 41 heavy (non-hydrogen) atoms. The molecule has 5 rings (SSSR count). The van der Waals surface area contributed by atoms with Gasteiger partial charge in [-0.25, -0.2) is 4.98 Å². The summed E-state index contributed by atoms with van der Waals surface area (Å²) in [5.41, 5.74) is 4.30. The van der Waals surface area contributed by atoms with Crippen LogP contribution in [0.5, 0.6) is 17.2 Å². The van der Waals surface area contributed by atoms with Gasteiger partial charge >= 0.3 is 0 Å². The second kappa shape index (κ2) is 12.5. The number of carbonyl (C=O) groups excluding carboxylic acids is 1. The van der Waals surface area contributed by atoms with Gasteiger partial charge in [0.1, 0.15) is 11.6 Å². The molecule has 3 aromatic carbocycles. The first-order chi connectivity index (χ1) is 19.9. The van der Waals surface area contributed by atoms with Crippen molar-refractivity contribution >= 4 is 22.6 Å². The second-order valence-corrected chi connectivity index (χ2v) is 10.4. The smallest absolute Gasteiger partial charge is 0.258 e. The summed E-state index contributed by atoms with van der Waals surface area (Å²) < 4.78 is 16.5. The number of carbonyl (C=O) groups is 1. The van der Waals surface area contributed by atoms with Gasteiger partial charge in [-0.1, -0.05) is 36.4 Å². The average Bonchev–Trinajstić information content (AvgIpc) is 3.00. The van der Waals surface area contributed by atoms with E-state index in [0.29, 0.717) is 36.7 Å². The second-order valence-electron chi connectivity index (χ2n) is 10.4. The van der Waals surface area contributed by atoms with Crippen LogP contribution >= 0.6 is 0 Å². The molecule has 214 valence electrons. The van der Waals surface area contributed by atoms with Gasteiger partial charge in [-0.2, -0.15) is 0 Å². The quantitative estimate of drug-likeness (QED) is 0.297. The minimum atomic E-state index is -0.413. The Hall–Kier alpha value is -4.30. The zero-order valence-corrected chi connectivity index (χ0v) is 24.1. The number of methoxy groups -OCH3 is 3. The predicted octanol–water partition coefficient (Wildman–Crippen LogP) is 5.37. The number of aryl methyl sites for hydroxylation is 1. The first kappa shape index (κ1) is 28.2. The van der Waals surface area contributed by atoms with Crippen LogP contribution in [0.15, 0.2) is 66.7 Å². The zero-order valence-electron chi connectivity index (χ0n) is 24.1. The highest BCUT2D eigenvalue weighted by Crippen LogP contribution is 2.34. The molecule has 8 nitrogen and oxygen atoms in total. The molecule has 1 aliphatic heterocycles. The summed E-state index contributed by atoms with van der Waals surface area (Å²) in [7, 11) is 4.73. The summed E-state index contributed by atoms with van der Waals surface area (Å²) in [4.78, 5) is 23.4. The lowest BCUT2D eigenvalue weighted by atomic mass is 10.0. The Kier molecular flexibility index (Phi) is 8.59. The Labute approximate surface area is 241 Å². The summed E-state index contributed by atoms with van der Waals surface area (Å²) in [6.45, 7) is 4.03. The Bertz CT molecular complexity index is 1520. The topological polar surface area (TPSA) is 84.4 Å². The number of benzene rings is 3. The number of fused-ring (bicyclic) bond motifs is 1. The molecule has 0 spiro atoms. The van der Waals surface area contributed by atoms with E-state index in [9.17, 15) is 9.90 Å². The monoisotopic (exact) mass is 555 g/mol. The largest absolute Gasteiger partial charge is 0.497 e. The maximum atomic E-state index is 14.3. The predicted molar refractivity (Wildman–Crippen MR) is 160 cm³/mol. The molecule has 0 aliphatic carbocycles. The third kappa shape index (κ3) is 6.07. The van der Waals surface area contributed by atoms with Gasteiger partial charge < -0.3 is 29.1 Å². The highest BCUT2D eigenvalue weighted by molar-refractivity contribution is 5.98. The number of anilines is 1. The van der Waals surface area contributed by atoms with Gasteiger partial charge in [0.25, 0.3) is 5.91 Å². The molecule has 1 N–H and O–H groups in total. The molecule has 1 amide bonds. The van der Waals surface area contributed by atoms with Crippen molar-refractivity contribution in [1.29, 1.82) is 0 Å². The SMILES string of the molecule is COc1ccc(CN(Cc2cc3cccc(C)c3nc2N2CCCC(O)C2)C(=O)c2cccc(OC)c2OC)cc1. The van der Waals surface area contributed by atoms with Crippen molar-refractivity contribution in [3.63, 3.8) is 0 Å². The third-order valence-corrected chi connectivity index (χ3v) is 7.61. The van der Waals surface area contributed by atoms with Crippen LogP contribution in [0.1, 0.15) is 39.9 Å². The molecule has 1 aliphatic rings. The Morgan fingerprint density at radius 1 is 1.00 bits per heavy atom. The Balaban J connectivity index is 1.60. The van der Waals surface area contributed by atoms with Crippen molar-refractivity contribution in [2.45, 2.75) is 39.0 Å². The maximum Gasteiger partial charge on any atom is 0.258 e. The van der Waals surface area contributed by atoms with E-state index in [4.69, 9.17) is 19.2 Å². The van der Waals surface area contributed by atoms with Crippen molar-refractivity contribution in [3.05, 3.63) is 89.0 Å². The first-order valence-corrected chi connectivity index (χ1v) is 13.9. The van der Waals surface area contributed by atoms with Crippen LogP contribution in [-0.2, 0) is 13.1 Å². The number of para-hydroxylation sites is 2. The first-order valence-electron chi connectivity index (χ1n) is 13.9. The highest BCUT2D eigenvalue weighted by atomic mass is 16.5. The van der Waals surface area contributed by atoms with Crippen LogP contribution in [0, 0.1) is 6.92 Å². The molecule has 8 heteroatoms.